The normalized spacial score (nSPS) is 10.5. The second kappa shape index (κ2) is 6.18. The Bertz CT molecular complexity index is 593. The summed E-state index contributed by atoms with van der Waals surface area (Å²) in [6.45, 7) is 5.05. The number of aryl methyl sites for hydroxylation is 3. The zero-order chi connectivity index (χ0) is 14.5. The Morgan fingerprint density at radius 1 is 1.45 bits per heavy atom. The van der Waals surface area contributed by atoms with Crippen LogP contribution in [-0.2, 0) is 6.54 Å². The average Bonchev–Trinajstić information content (AvgIpc) is 2.86. The van der Waals surface area contributed by atoms with Gasteiger partial charge in [0.1, 0.15) is 5.56 Å². The minimum atomic E-state index is -0.954. The molecular formula is C14H18N4O2. The number of carboxylic acid groups (broad SMARTS) is 1. The van der Waals surface area contributed by atoms with Crippen LogP contribution in [0.4, 0.5) is 5.69 Å². The fourth-order valence-electron chi connectivity index (χ4n) is 2.13. The Hall–Kier alpha value is -2.37. The van der Waals surface area contributed by atoms with Crippen molar-refractivity contribution in [3.63, 3.8) is 0 Å². The van der Waals surface area contributed by atoms with Gasteiger partial charge >= 0.3 is 5.97 Å². The van der Waals surface area contributed by atoms with Gasteiger partial charge in [0.15, 0.2) is 0 Å². The van der Waals surface area contributed by atoms with E-state index < -0.39 is 5.97 Å². The molecule has 0 aromatic carbocycles. The van der Waals surface area contributed by atoms with Crippen LogP contribution < -0.4 is 5.32 Å². The van der Waals surface area contributed by atoms with Gasteiger partial charge in [0.2, 0.25) is 0 Å². The Labute approximate surface area is 117 Å². The van der Waals surface area contributed by atoms with Gasteiger partial charge in [-0.3, -0.25) is 9.67 Å². The third-order valence-corrected chi connectivity index (χ3v) is 2.98. The van der Waals surface area contributed by atoms with Crippen LogP contribution in [0.2, 0.25) is 0 Å². The van der Waals surface area contributed by atoms with Crippen molar-refractivity contribution in [2.45, 2.75) is 26.8 Å². The van der Waals surface area contributed by atoms with E-state index >= 15 is 0 Å². The zero-order valence-corrected chi connectivity index (χ0v) is 11.6. The van der Waals surface area contributed by atoms with Crippen molar-refractivity contribution in [2.75, 3.05) is 11.9 Å². The smallest absolute Gasteiger partial charge is 0.339 e. The fraction of sp³-hybridized carbons (Fsp3) is 0.357. The number of aromatic carboxylic acids is 1. The molecule has 0 amide bonds. The second-order valence-electron chi connectivity index (χ2n) is 4.63. The van der Waals surface area contributed by atoms with Gasteiger partial charge in [0, 0.05) is 31.2 Å². The molecule has 0 unspecified atom stereocenters. The molecule has 0 spiro atoms. The quantitative estimate of drug-likeness (QED) is 0.788. The number of pyridine rings is 1. The number of carbonyl (C=O) groups is 1. The monoisotopic (exact) mass is 274 g/mol. The minimum absolute atomic E-state index is 0.245. The number of nitrogens with one attached hydrogen (secondary N) is 1. The van der Waals surface area contributed by atoms with E-state index in [1.165, 1.54) is 0 Å². The Kier molecular flexibility index (Phi) is 4.34. The van der Waals surface area contributed by atoms with Gasteiger partial charge in [-0.15, -0.1) is 0 Å². The van der Waals surface area contributed by atoms with Crippen molar-refractivity contribution in [3.05, 3.63) is 41.5 Å². The maximum Gasteiger partial charge on any atom is 0.339 e. The first kappa shape index (κ1) is 14.0. The van der Waals surface area contributed by atoms with Crippen LogP contribution in [0, 0.1) is 13.8 Å². The van der Waals surface area contributed by atoms with Crippen LogP contribution >= 0.6 is 0 Å². The lowest BCUT2D eigenvalue weighted by Gasteiger charge is -2.12. The van der Waals surface area contributed by atoms with Crippen molar-refractivity contribution in [3.8, 4) is 0 Å². The molecule has 0 saturated heterocycles. The SMILES string of the molecule is Cc1cc(NCCCn2cccn2)c(C(=O)O)c(C)n1. The molecule has 2 heterocycles. The molecule has 6 heteroatoms. The predicted octanol–water partition coefficient (Wildman–Crippen LogP) is 2.10. The van der Waals surface area contributed by atoms with E-state index in [4.69, 9.17) is 0 Å². The summed E-state index contributed by atoms with van der Waals surface area (Å²) >= 11 is 0. The summed E-state index contributed by atoms with van der Waals surface area (Å²) in [5, 5.41) is 16.5. The van der Waals surface area contributed by atoms with Crippen LogP contribution in [-0.4, -0.2) is 32.4 Å². The average molecular weight is 274 g/mol. The molecule has 0 radical (unpaired) electrons. The largest absolute Gasteiger partial charge is 0.478 e. The van der Waals surface area contributed by atoms with E-state index in [-0.39, 0.29) is 5.56 Å². The number of hydrogen-bond acceptors (Lipinski definition) is 4. The summed E-state index contributed by atoms with van der Waals surface area (Å²) in [5.74, 6) is -0.954. The minimum Gasteiger partial charge on any atom is -0.478 e. The van der Waals surface area contributed by atoms with E-state index in [0.29, 0.717) is 17.9 Å². The molecule has 106 valence electrons. The van der Waals surface area contributed by atoms with Crippen molar-refractivity contribution >= 4 is 11.7 Å². The molecular weight excluding hydrogens is 256 g/mol. The molecule has 0 bridgehead atoms. The highest BCUT2D eigenvalue weighted by molar-refractivity contribution is 5.95. The van der Waals surface area contributed by atoms with E-state index in [1.807, 2.05) is 23.9 Å². The van der Waals surface area contributed by atoms with Gasteiger partial charge in [0.05, 0.1) is 11.4 Å². The molecule has 0 fully saturated rings. The van der Waals surface area contributed by atoms with Crippen LogP contribution in [0.15, 0.2) is 24.5 Å². The zero-order valence-electron chi connectivity index (χ0n) is 11.6. The van der Waals surface area contributed by atoms with Crippen LogP contribution in [0.25, 0.3) is 0 Å². The van der Waals surface area contributed by atoms with Crippen molar-refractivity contribution in [2.24, 2.45) is 0 Å². The molecule has 0 aliphatic rings. The number of nitrogens with zero attached hydrogens (tertiary/aromatic N) is 3. The molecule has 0 aliphatic heterocycles. The molecule has 2 aromatic rings. The highest BCUT2D eigenvalue weighted by Crippen LogP contribution is 2.19. The van der Waals surface area contributed by atoms with Gasteiger partial charge in [-0.2, -0.15) is 5.10 Å². The second-order valence-corrected chi connectivity index (χ2v) is 4.63. The molecule has 6 nitrogen and oxygen atoms in total. The van der Waals surface area contributed by atoms with Crippen molar-refractivity contribution in [1.82, 2.24) is 14.8 Å². The lowest BCUT2D eigenvalue weighted by Crippen LogP contribution is -2.12. The van der Waals surface area contributed by atoms with Gasteiger partial charge < -0.3 is 10.4 Å². The first-order chi connectivity index (χ1) is 9.58. The molecule has 2 aromatic heterocycles. The fourth-order valence-corrected chi connectivity index (χ4v) is 2.13. The number of carboxylic acids is 1. The lowest BCUT2D eigenvalue weighted by molar-refractivity contribution is 0.0696. The number of aromatic nitrogens is 3. The maximum absolute atomic E-state index is 11.3. The lowest BCUT2D eigenvalue weighted by atomic mass is 10.1. The van der Waals surface area contributed by atoms with Gasteiger partial charge in [-0.1, -0.05) is 0 Å². The number of anilines is 1. The van der Waals surface area contributed by atoms with Crippen LogP contribution in [0.3, 0.4) is 0 Å². The van der Waals surface area contributed by atoms with Crippen molar-refractivity contribution in [1.29, 1.82) is 0 Å². The topological polar surface area (TPSA) is 80.0 Å². The Balaban J connectivity index is 1.99. The number of hydrogen-bond donors (Lipinski definition) is 2. The van der Waals surface area contributed by atoms with Gasteiger partial charge in [0.25, 0.3) is 0 Å². The summed E-state index contributed by atoms with van der Waals surface area (Å²) in [6, 6.07) is 3.65. The van der Waals surface area contributed by atoms with E-state index in [1.54, 1.807) is 19.2 Å². The van der Waals surface area contributed by atoms with E-state index in [2.05, 4.69) is 15.4 Å². The van der Waals surface area contributed by atoms with Crippen LogP contribution in [0.5, 0.6) is 0 Å². The van der Waals surface area contributed by atoms with Crippen LogP contribution in [0.1, 0.15) is 28.2 Å². The standard InChI is InChI=1S/C14H18N4O2/c1-10-9-12(13(14(19)20)11(2)17-10)15-5-3-7-18-8-4-6-16-18/h4,6,8-9H,3,5,7H2,1-2H3,(H,15,17)(H,19,20). The summed E-state index contributed by atoms with van der Waals surface area (Å²) in [6.07, 6.45) is 4.51. The van der Waals surface area contributed by atoms with E-state index in [0.717, 1.165) is 18.7 Å². The first-order valence-electron chi connectivity index (χ1n) is 6.51. The molecule has 0 saturated carbocycles. The highest BCUT2D eigenvalue weighted by Gasteiger charge is 2.14. The van der Waals surface area contributed by atoms with Crippen molar-refractivity contribution < 1.29 is 9.90 Å². The summed E-state index contributed by atoms with van der Waals surface area (Å²) in [5.41, 5.74) is 2.21. The van der Waals surface area contributed by atoms with Gasteiger partial charge in [-0.05, 0) is 32.4 Å². The molecule has 0 aliphatic carbocycles. The molecule has 0 atom stereocenters. The Morgan fingerprint density at radius 3 is 2.90 bits per heavy atom. The molecule has 2 N–H and O–H groups in total. The predicted molar refractivity (Wildman–Crippen MR) is 76.0 cm³/mol. The maximum atomic E-state index is 11.3. The summed E-state index contributed by atoms with van der Waals surface area (Å²) in [4.78, 5) is 15.5. The first-order valence-corrected chi connectivity index (χ1v) is 6.51. The van der Waals surface area contributed by atoms with E-state index in [9.17, 15) is 9.90 Å². The third-order valence-electron chi connectivity index (χ3n) is 2.98. The molecule has 20 heavy (non-hydrogen) atoms. The third kappa shape index (κ3) is 3.34. The Morgan fingerprint density at radius 2 is 2.25 bits per heavy atom. The molecule has 2 rings (SSSR count). The van der Waals surface area contributed by atoms with Gasteiger partial charge in [-0.25, -0.2) is 4.79 Å². The summed E-state index contributed by atoms with van der Waals surface area (Å²) in [7, 11) is 0. The summed E-state index contributed by atoms with van der Waals surface area (Å²) < 4.78 is 1.85. The number of rotatable bonds is 6. The highest BCUT2D eigenvalue weighted by atomic mass is 16.4.